The van der Waals surface area contributed by atoms with E-state index in [0.717, 1.165) is 57.8 Å². The number of hydrogen-bond acceptors (Lipinski definition) is 5. The van der Waals surface area contributed by atoms with E-state index in [1.807, 2.05) is 34.6 Å². The van der Waals surface area contributed by atoms with Gasteiger partial charge in [-0.3, -0.25) is 19.2 Å². The molecule has 0 aromatic rings. The van der Waals surface area contributed by atoms with Gasteiger partial charge in [0.15, 0.2) is 0 Å². The van der Waals surface area contributed by atoms with Gasteiger partial charge in [-0.25, -0.2) is 4.79 Å². The Balaban J connectivity index is 1.77. The summed E-state index contributed by atoms with van der Waals surface area (Å²) < 4.78 is 0. The summed E-state index contributed by atoms with van der Waals surface area (Å²) in [7, 11) is 0. The van der Waals surface area contributed by atoms with Crippen LogP contribution in [0, 0.1) is 28.6 Å². The largest absolute Gasteiger partial charge is 0.346 e. The molecule has 1 heterocycles. The van der Waals surface area contributed by atoms with Crippen LogP contribution in [0.1, 0.15) is 145 Å². The zero-order valence-electron chi connectivity index (χ0n) is 32.6. The number of amides is 5. The quantitative estimate of drug-likeness (QED) is 0.0789. The highest BCUT2D eigenvalue weighted by Crippen LogP contribution is 2.37. The summed E-state index contributed by atoms with van der Waals surface area (Å²) in [6, 6.07) is -2.99. The third-order valence-corrected chi connectivity index (χ3v) is 11.0. The molecule has 3 fully saturated rings. The van der Waals surface area contributed by atoms with Crippen molar-refractivity contribution in [1.29, 1.82) is 0 Å². The minimum Gasteiger partial charge on any atom is -0.346 e. The van der Waals surface area contributed by atoms with E-state index in [2.05, 4.69) is 48.6 Å². The second kappa shape index (κ2) is 18.0. The number of nitrogens with zero attached hydrogens (tertiary/aromatic N) is 1. The van der Waals surface area contributed by atoms with Gasteiger partial charge in [-0.2, -0.15) is 0 Å². The first-order chi connectivity index (χ1) is 23.4. The minimum atomic E-state index is -0.965. The summed E-state index contributed by atoms with van der Waals surface area (Å²) in [5.41, 5.74) is -0.599. The Morgan fingerprint density at radius 3 is 2.12 bits per heavy atom. The van der Waals surface area contributed by atoms with E-state index in [1.165, 1.54) is 25.3 Å². The molecule has 0 aromatic carbocycles. The summed E-state index contributed by atoms with van der Waals surface area (Å²) in [4.78, 5) is 69.9. The normalized spacial score (nSPS) is 22.0. The Morgan fingerprint density at radius 2 is 1.56 bits per heavy atom. The molecule has 2 aliphatic carbocycles. The molecule has 284 valence electrons. The topological polar surface area (TPSA) is 137 Å². The maximum absolute atomic E-state index is 14.5. The van der Waals surface area contributed by atoms with Crippen LogP contribution in [0.2, 0.25) is 0 Å². The van der Waals surface area contributed by atoms with Crippen molar-refractivity contribution in [3.05, 3.63) is 12.7 Å². The van der Waals surface area contributed by atoms with Crippen molar-refractivity contribution in [3.63, 3.8) is 0 Å². The number of nitrogens with one attached hydrogen (secondary N) is 4. The molecule has 1 saturated heterocycles. The zero-order valence-corrected chi connectivity index (χ0v) is 32.6. The van der Waals surface area contributed by atoms with Crippen LogP contribution in [-0.4, -0.2) is 71.2 Å². The molecule has 10 nitrogen and oxygen atoms in total. The van der Waals surface area contributed by atoms with E-state index < -0.39 is 41.1 Å². The summed E-state index contributed by atoms with van der Waals surface area (Å²) >= 11 is 0. The molecule has 5 amide bonds. The van der Waals surface area contributed by atoms with Gasteiger partial charge in [0.25, 0.3) is 5.91 Å². The molecular formula is C40H69N5O5. The van der Waals surface area contributed by atoms with Gasteiger partial charge in [0.1, 0.15) is 12.1 Å². The molecular weight excluding hydrogens is 630 g/mol. The van der Waals surface area contributed by atoms with Gasteiger partial charge in [-0.05, 0) is 67.1 Å². The fourth-order valence-corrected chi connectivity index (χ4v) is 7.87. The molecule has 3 rings (SSSR count). The zero-order chi connectivity index (χ0) is 37.3. The third-order valence-electron chi connectivity index (χ3n) is 11.0. The predicted molar refractivity (Wildman–Crippen MR) is 199 cm³/mol. The van der Waals surface area contributed by atoms with Crippen molar-refractivity contribution < 1.29 is 24.0 Å². The van der Waals surface area contributed by atoms with Crippen LogP contribution in [0.15, 0.2) is 12.7 Å². The van der Waals surface area contributed by atoms with Crippen molar-refractivity contribution in [2.24, 2.45) is 28.6 Å². The van der Waals surface area contributed by atoms with Crippen LogP contribution in [-0.2, 0) is 19.2 Å². The van der Waals surface area contributed by atoms with E-state index in [1.54, 1.807) is 4.90 Å². The molecule has 3 aliphatic rings. The van der Waals surface area contributed by atoms with E-state index in [9.17, 15) is 24.0 Å². The van der Waals surface area contributed by atoms with E-state index in [-0.39, 0.29) is 41.8 Å². The van der Waals surface area contributed by atoms with Gasteiger partial charge in [-0.15, -0.1) is 6.58 Å². The highest BCUT2D eigenvalue weighted by molar-refractivity contribution is 6.38. The number of urea groups is 1. The fraction of sp³-hybridized carbons (Fsp3) is 0.825. The van der Waals surface area contributed by atoms with E-state index in [4.69, 9.17) is 0 Å². The second-order valence-electron chi connectivity index (χ2n) is 18.1. The molecule has 50 heavy (non-hydrogen) atoms. The van der Waals surface area contributed by atoms with Crippen LogP contribution in [0.3, 0.4) is 0 Å². The number of ketones is 1. The smallest absolute Gasteiger partial charge is 0.315 e. The van der Waals surface area contributed by atoms with Crippen LogP contribution in [0.25, 0.3) is 0 Å². The number of Topliss-reactive ketones (excluding diaryl/α,β-unsaturated/α-hetero) is 1. The summed E-state index contributed by atoms with van der Waals surface area (Å²) in [6.45, 7) is 20.8. The molecule has 10 heteroatoms. The monoisotopic (exact) mass is 700 g/mol. The second-order valence-corrected chi connectivity index (χ2v) is 18.1. The van der Waals surface area contributed by atoms with Crippen molar-refractivity contribution >= 4 is 29.5 Å². The van der Waals surface area contributed by atoms with Crippen molar-refractivity contribution in [1.82, 2.24) is 26.2 Å². The highest BCUT2D eigenvalue weighted by Gasteiger charge is 2.48. The molecule has 0 spiro atoms. The standard InChI is InChI=1S/C40H69N5O5/c1-10-24-41-35(48)32(46)30(26-28-17-18-28)42-34(47)31-29(27(2)3)19-25-45(31)36(49)33(39(7,8)9)43-37(50)44-40(22-15-12-16-23-40)21-14-11-13-20-38(4,5)6/h10,27-31,33H,1,11-26H2,2-9H3,(H,41,48)(H,42,47)(H2,43,44,50)/t29-,30+,31+,33-/m1/s1. The van der Waals surface area contributed by atoms with Crippen LogP contribution < -0.4 is 21.3 Å². The number of rotatable bonds is 17. The van der Waals surface area contributed by atoms with Gasteiger partial charge in [-0.1, -0.05) is 113 Å². The molecule has 0 radical (unpaired) electrons. The molecule has 0 bridgehead atoms. The number of unbranched alkanes of at least 4 members (excludes halogenated alkanes) is 2. The lowest BCUT2D eigenvalue weighted by molar-refractivity contribution is -0.144. The highest BCUT2D eigenvalue weighted by atomic mass is 16.2. The maximum Gasteiger partial charge on any atom is 0.315 e. The minimum absolute atomic E-state index is 0.0935. The van der Waals surface area contributed by atoms with E-state index >= 15 is 0 Å². The Hall–Kier alpha value is -2.91. The lowest BCUT2D eigenvalue weighted by Gasteiger charge is -2.40. The Labute approximate surface area is 302 Å². The average Bonchev–Trinajstić information content (AvgIpc) is 3.73. The maximum atomic E-state index is 14.5. The lowest BCUT2D eigenvalue weighted by Crippen LogP contribution is -2.62. The summed E-state index contributed by atoms with van der Waals surface area (Å²) in [5.74, 6) is -1.92. The molecule has 4 N–H and O–H groups in total. The van der Waals surface area contributed by atoms with Crippen LogP contribution in [0.5, 0.6) is 0 Å². The molecule has 2 saturated carbocycles. The number of carbonyl (C=O) groups is 5. The molecule has 1 aliphatic heterocycles. The van der Waals surface area contributed by atoms with Crippen molar-refractivity contribution in [2.45, 2.75) is 169 Å². The Kier molecular flexibility index (Phi) is 15.0. The third kappa shape index (κ3) is 12.4. The first-order valence-electron chi connectivity index (χ1n) is 19.5. The van der Waals surface area contributed by atoms with Crippen LogP contribution >= 0.6 is 0 Å². The first kappa shape index (κ1) is 41.5. The van der Waals surface area contributed by atoms with Crippen molar-refractivity contribution in [2.75, 3.05) is 13.1 Å². The first-order valence-corrected chi connectivity index (χ1v) is 19.5. The Bertz CT molecular complexity index is 1190. The van der Waals surface area contributed by atoms with Gasteiger partial charge < -0.3 is 26.2 Å². The molecule has 4 atom stereocenters. The molecule has 0 unspecified atom stereocenters. The number of likely N-dealkylation sites (tertiary alicyclic amines) is 1. The number of carbonyl (C=O) groups excluding carboxylic acids is 5. The summed E-state index contributed by atoms with van der Waals surface area (Å²) in [5, 5.41) is 11.9. The van der Waals surface area contributed by atoms with Gasteiger partial charge >= 0.3 is 6.03 Å². The molecule has 0 aromatic heterocycles. The van der Waals surface area contributed by atoms with Crippen LogP contribution in [0.4, 0.5) is 4.79 Å². The van der Waals surface area contributed by atoms with E-state index in [0.29, 0.717) is 24.8 Å². The van der Waals surface area contributed by atoms with Crippen molar-refractivity contribution in [3.8, 4) is 0 Å². The fourth-order valence-electron chi connectivity index (χ4n) is 7.87. The predicted octanol–water partition coefficient (Wildman–Crippen LogP) is 6.43. The van der Waals surface area contributed by atoms with Gasteiger partial charge in [0.05, 0.1) is 6.04 Å². The SMILES string of the molecule is C=CCNC(=O)C(=O)[C@H](CC1CC1)NC(=O)[C@@H]1[C@@H](C(C)C)CCN1C(=O)[C@@H](NC(=O)NC1(CCCCCC(C)(C)C)CCCCC1)C(C)(C)C. The summed E-state index contributed by atoms with van der Waals surface area (Å²) in [6.07, 6.45) is 15.1. The van der Waals surface area contributed by atoms with Gasteiger partial charge in [0.2, 0.25) is 17.6 Å². The lowest BCUT2D eigenvalue weighted by atomic mass is 9.77. The van der Waals surface area contributed by atoms with Gasteiger partial charge in [0, 0.05) is 18.6 Å². The Morgan fingerprint density at radius 1 is 0.900 bits per heavy atom. The number of hydrogen-bond donors (Lipinski definition) is 4. The average molecular weight is 700 g/mol.